The molecule has 1 unspecified atom stereocenters. The van der Waals surface area contributed by atoms with Gasteiger partial charge < -0.3 is 9.57 Å². The summed E-state index contributed by atoms with van der Waals surface area (Å²) in [4.78, 5) is 9.38. The van der Waals surface area contributed by atoms with E-state index in [9.17, 15) is 0 Å². The fourth-order valence-electron chi connectivity index (χ4n) is 1.45. The van der Waals surface area contributed by atoms with E-state index >= 15 is 0 Å². The maximum atomic E-state index is 5.31. The van der Waals surface area contributed by atoms with Gasteiger partial charge >= 0.3 is 0 Å². The van der Waals surface area contributed by atoms with Gasteiger partial charge in [-0.05, 0) is 25.5 Å². The average Bonchev–Trinajstić information content (AvgIpc) is 2.72. The van der Waals surface area contributed by atoms with E-state index in [1.165, 1.54) is 0 Å². The minimum atomic E-state index is 0.227. The molecule has 76 valence electrons. The quantitative estimate of drug-likeness (QED) is 0.790. The van der Waals surface area contributed by atoms with Crippen molar-refractivity contribution in [2.45, 2.75) is 19.4 Å². The molecule has 0 radical (unpaired) electrons. The second-order valence-corrected chi connectivity index (χ2v) is 3.16. The minimum Gasteiger partial charge on any atom is -0.492 e. The van der Waals surface area contributed by atoms with Crippen LogP contribution in [0.5, 0.6) is 5.75 Å². The Morgan fingerprint density at radius 1 is 1.64 bits per heavy atom. The van der Waals surface area contributed by atoms with E-state index in [1.807, 2.05) is 19.1 Å². The molecule has 0 spiro atoms. The number of rotatable bonds is 3. The normalized spacial score (nSPS) is 21.1. The first kappa shape index (κ1) is 9.43. The first-order chi connectivity index (χ1) is 6.90. The molecule has 2 heterocycles. The molecule has 1 atom stereocenters. The molecule has 4 heteroatoms. The van der Waals surface area contributed by atoms with Gasteiger partial charge in [-0.1, -0.05) is 0 Å². The van der Waals surface area contributed by atoms with Crippen LogP contribution in [-0.2, 0) is 4.84 Å². The Kier molecular flexibility index (Phi) is 2.96. The molecule has 1 aliphatic rings. The Balaban J connectivity index is 2.05. The molecule has 1 fully saturated rings. The highest BCUT2D eigenvalue weighted by atomic mass is 16.7. The summed E-state index contributed by atoms with van der Waals surface area (Å²) in [5.41, 5.74) is 3.93. The Bertz CT molecular complexity index is 281. The highest BCUT2D eigenvalue weighted by Crippen LogP contribution is 2.20. The van der Waals surface area contributed by atoms with Crippen LogP contribution in [0, 0.1) is 0 Å². The van der Waals surface area contributed by atoms with Crippen molar-refractivity contribution >= 4 is 0 Å². The summed E-state index contributed by atoms with van der Waals surface area (Å²) >= 11 is 0. The van der Waals surface area contributed by atoms with Crippen LogP contribution in [0.1, 0.15) is 25.1 Å². The molecule has 0 aromatic carbocycles. The zero-order valence-corrected chi connectivity index (χ0v) is 8.19. The maximum Gasteiger partial charge on any atom is 0.137 e. The van der Waals surface area contributed by atoms with Crippen LogP contribution in [0.15, 0.2) is 18.3 Å². The van der Waals surface area contributed by atoms with Crippen molar-refractivity contribution < 1.29 is 9.57 Å². The smallest absolute Gasteiger partial charge is 0.137 e. The summed E-state index contributed by atoms with van der Waals surface area (Å²) in [5.74, 6) is 0.815. The molecule has 4 nitrogen and oxygen atoms in total. The van der Waals surface area contributed by atoms with Crippen molar-refractivity contribution in [1.29, 1.82) is 0 Å². The van der Waals surface area contributed by atoms with Gasteiger partial charge in [-0.15, -0.1) is 0 Å². The van der Waals surface area contributed by atoms with E-state index in [0.717, 1.165) is 24.5 Å². The lowest BCUT2D eigenvalue weighted by molar-refractivity contribution is 0.0876. The van der Waals surface area contributed by atoms with E-state index in [2.05, 4.69) is 10.5 Å². The predicted molar refractivity (Wildman–Crippen MR) is 51.9 cm³/mol. The molecule has 0 aliphatic carbocycles. The highest BCUT2D eigenvalue weighted by Gasteiger charge is 2.17. The topological polar surface area (TPSA) is 43.4 Å². The van der Waals surface area contributed by atoms with E-state index < -0.39 is 0 Å². The molecule has 0 saturated carbocycles. The summed E-state index contributed by atoms with van der Waals surface area (Å²) in [6.45, 7) is 3.38. The van der Waals surface area contributed by atoms with Gasteiger partial charge in [0.25, 0.3) is 0 Å². The van der Waals surface area contributed by atoms with Crippen LogP contribution in [0.4, 0.5) is 0 Å². The fraction of sp³-hybridized carbons (Fsp3) is 0.500. The van der Waals surface area contributed by atoms with Gasteiger partial charge in [0.1, 0.15) is 5.75 Å². The van der Waals surface area contributed by atoms with Gasteiger partial charge in [0.2, 0.25) is 0 Å². The number of hydrogen-bond acceptors (Lipinski definition) is 4. The summed E-state index contributed by atoms with van der Waals surface area (Å²) in [6.07, 6.45) is 2.72. The van der Waals surface area contributed by atoms with Crippen molar-refractivity contribution in [1.82, 2.24) is 10.5 Å². The number of pyridine rings is 1. The number of aromatic nitrogens is 1. The molecule has 1 aliphatic heterocycles. The van der Waals surface area contributed by atoms with Gasteiger partial charge in [-0.2, -0.15) is 5.48 Å². The first-order valence-electron chi connectivity index (χ1n) is 4.86. The van der Waals surface area contributed by atoms with Crippen LogP contribution < -0.4 is 10.2 Å². The molecular weight excluding hydrogens is 180 g/mol. The minimum absolute atomic E-state index is 0.227. The SMILES string of the molecule is CCOc1ccc(C2CCON2)nc1. The number of nitrogens with zero attached hydrogens (tertiary/aromatic N) is 1. The molecule has 0 amide bonds. The third-order valence-corrected chi connectivity index (χ3v) is 2.16. The van der Waals surface area contributed by atoms with Crippen LogP contribution in [0.25, 0.3) is 0 Å². The van der Waals surface area contributed by atoms with E-state index in [1.54, 1.807) is 6.20 Å². The third-order valence-electron chi connectivity index (χ3n) is 2.16. The number of hydrogen-bond donors (Lipinski definition) is 1. The van der Waals surface area contributed by atoms with Crippen molar-refractivity contribution in [2.75, 3.05) is 13.2 Å². The van der Waals surface area contributed by atoms with Crippen LogP contribution in [0.3, 0.4) is 0 Å². The highest BCUT2D eigenvalue weighted by molar-refractivity contribution is 5.21. The van der Waals surface area contributed by atoms with Crippen LogP contribution in [0.2, 0.25) is 0 Å². The van der Waals surface area contributed by atoms with Crippen LogP contribution >= 0.6 is 0 Å². The van der Waals surface area contributed by atoms with Gasteiger partial charge in [0.05, 0.1) is 31.1 Å². The van der Waals surface area contributed by atoms with E-state index in [0.29, 0.717) is 6.61 Å². The standard InChI is InChI=1S/C10H14N2O2/c1-2-13-8-3-4-9(11-7-8)10-5-6-14-12-10/h3-4,7,10,12H,2,5-6H2,1H3. The average molecular weight is 194 g/mol. The molecule has 0 bridgehead atoms. The van der Waals surface area contributed by atoms with Crippen molar-refractivity contribution in [3.63, 3.8) is 0 Å². The number of nitrogens with one attached hydrogen (secondary N) is 1. The molecule has 2 rings (SSSR count). The van der Waals surface area contributed by atoms with Crippen molar-refractivity contribution in [3.8, 4) is 5.75 Å². The Hall–Kier alpha value is -1.13. The van der Waals surface area contributed by atoms with Crippen molar-refractivity contribution in [2.24, 2.45) is 0 Å². The lowest BCUT2D eigenvalue weighted by Crippen LogP contribution is -2.12. The van der Waals surface area contributed by atoms with Gasteiger partial charge in [0, 0.05) is 0 Å². The second kappa shape index (κ2) is 4.39. The molecule has 14 heavy (non-hydrogen) atoms. The lowest BCUT2D eigenvalue weighted by atomic mass is 10.1. The Labute approximate surface area is 83.2 Å². The lowest BCUT2D eigenvalue weighted by Gasteiger charge is -2.08. The maximum absolute atomic E-state index is 5.31. The van der Waals surface area contributed by atoms with Crippen LogP contribution in [-0.4, -0.2) is 18.2 Å². The molecule has 1 aromatic heterocycles. The summed E-state index contributed by atoms with van der Waals surface area (Å²) in [6, 6.07) is 4.13. The summed E-state index contributed by atoms with van der Waals surface area (Å²) < 4.78 is 5.31. The number of hydroxylamine groups is 1. The molecule has 1 aromatic rings. The van der Waals surface area contributed by atoms with Crippen molar-refractivity contribution in [3.05, 3.63) is 24.0 Å². The largest absolute Gasteiger partial charge is 0.492 e. The van der Waals surface area contributed by atoms with Gasteiger partial charge in [-0.3, -0.25) is 4.98 Å². The van der Waals surface area contributed by atoms with E-state index in [-0.39, 0.29) is 6.04 Å². The Morgan fingerprint density at radius 2 is 2.57 bits per heavy atom. The zero-order chi connectivity index (χ0) is 9.80. The van der Waals surface area contributed by atoms with E-state index in [4.69, 9.17) is 9.57 Å². The molecule has 1 N–H and O–H groups in total. The summed E-state index contributed by atoms with van der Waals surface area (Å²) in [7, 11) is 0. The third kappa shape index (κ3) is 2.02. The Morgan fingerprint density at radius 3 is 3.14 bits per heavy atom. The zero-order valence-electron chi connectivity index (χ0n) is 8.19. The summed E-state index contributed by atoms with van der Waals surface area (Å²) in [5, 5.41) is 0. The van der Waals surface area contributed by atoms with Gasteiger partial charge in [0.15, 0.2) is 0 Å². The monoisotopic (exact) mass is 194 g/mol. The predicted octanol–water partition coefficient (Wildman–Crippen LogP) is 1.45. The fourth-order valence-corrected chi connectivity index (χ4v) is 1.45. The first-order valence-corrected chi connectivity index (χ1v) is 4.86. The second-order valence-electron chi connectivity index (χ2n) is 3.16. The molecular formula is C10H14N2O2. The van der Waals surface area contributed by atoms with Gasteiger partial charge in [-0.25, -0.2) is 0 Å². The molecule has 1 saturated heterocycles. The number of ether oxygens (including phenoxy) is 1.